The molecule has 0 aliphatic carbocycles. The third kappa shape index (κ3) is 3.87. The Labute approximate surface area is 120 Å². The monoisotopic (exact) mass is 277 g/mol. The highest BCUT2D eigenvalue weighted by Gasteiger charge is 2.22. The van der Waals surface area contributed by atoms with Gasteiger partial charge in [-0.05, 0) is 24.1 Å². The molecule has 0 unspecified atom stereocenters. The number of amides is 2. The number of carbonyl (C=O) groups is 1. The summed E-state index contributed by atoms with van der Waals surface area (Å²) in [7, 11) is 0. The van der Waals surface area contributed by atoms with Crippen LogP contribution in [0.1, 0.15) is 18.9 Å². The molecule has 0 aromatic heterocycles. The maximum Gasteiger partial charge on any atom is 0.320 e. The first-order valence-electron chi connectivity index (χ1n) is 7.16. The van der Waals surface area contributed by atoms with Crippen molar-refractivity contribution in [2.75, 3.05) is 38.6 Å². The third-order valence-corrected chi connectivity index (χ3v) is 3.40. The number of benzene rings is 1. The number of nitrogens with zero attached hydrogens (tertiary/aromatic N) is 2. The molecule has 5 heteroatoms. The number of nitrogens with two attached hydrogens (primary N) is 1. The summed E-state index contributed by atoms with van der Waals surface area (Å²) in [6.07, 6.45) is 0.949. The van der Waals surface area contributed by atoms with Gasteiger partial charge in [0.05, 0.1) is 13.2 Å². The molecule has 1 fully saturated rings. The Hall–Kier alpha value is -1.75. The van der Waals surface area contributed by atoms with Gasteiger partial charge >= 0.3 is 6.03 Å². The van der Waals surface area contributed by atoms with Crippen LogP contribution in [-0.4, -0.2) is 48.7 Å². The highest BCUT2D eigenvalue weighted by Crippen LogP contribution is 2.12. The number of urea groups is 1. The van der Waals surface area contributed by atoms with Crippen molar-refractivity contribution < 1.29 is 9.53 Å². The van der Waals surface area contributed by atoms with Gasteiger partial charge in [0.15, 0.2) is 0 Å². The molecule has 20 heavy (non-hydrogen) atoms. The number of hydrogen-bond acceptors (Lipinski definition) is 3. The summed E-state index contributed by atoms with van der Waals surface area (Å²) in [5.41, 5.74) is 7.54. The van der Waals surface area contributed by atoms with Crippen molar-refractivity contribution >= 4 is 11.7 Å². The molecule has 1 heterocycles. The van der Waals surface area contributed by atoms with E-state index in [4.69, 9.17) is 10.5 Å². The van der Waals surface area contributed by atoms with Gasteiger partial charge in [-0.3, -0.25) is 0 Å². The van der Waals surface area contributed by atoms with Crippen molar-refractivity contribution in [2.24, 2.45) is 0 Å². The van der Waals surface area contributed by atoms with Crippen LogP contribution in [0, 0.1) is 0 Å². The highest BCUT2D eigenvalue weighted by atomic mass is 16.5. The number of rotatable bonds is 4. The van der Waals surface area contributed by atoms with Crippen LogP contribution in [0.5, 0.6) is 0 Å². The fourth-order valence-corrected chi connectivity index (χ4v) is 2.31. The zero-order chi connectivity index (χ0) is 14.4. The first-order chi connectivity index (χ1) is 9.70. The number of hydrogen-bond donors (Lipinski definition) is 1. The zero-order valence-corrected chi connectivity index (χ0v) is 12.0. The molecule has 110 valence electrons. The molecule has 0 saturated carbocycles. The second-order valence-electron chi connectivity index (χ2n) is 5.05. The van der Waals surface area contributed by atoms with E-state index in [2.05, 4.69) is 6.92 Å². The van der Waals surface area contributed by atoms with Gasteiger partial charge in [0.1, 0.15) is 0 Å². The van der Waals surface area contributed by atoms with Crippen LogP contribution in [-0.2, 0) is 11.3 Å². The Morgan fingerprint density at radius 3 is 2.55 bits per heavy atom. The largest absolute Gasteiger partial charge is 0.399 e. The Balaban J connectivity index is 2.01. The van der Waals surface area contributed by atoms with Crippen LogP contribution >= 0.6 is 0 Å². The van der Waals surface area contributed by atoms with E-state index in [1.54, 1.807) is 0 Å². The predicted molar refractivity (Wildman–Crippen MR) is 79.3 cm³/mol. The molecule has 1 saturated heterocycles. The SMILES string of the molecule is CCCN(Cc1ccc(N)cc1)C(=O)N1CCOCC1. The summed E-state index contributed by atoms with van der Waals surface area (Å²) in [6, 6.07) is 7.80. The average Bonchev–Trinajstić information content (AvgIpc) is 2.49. The fourth-order valence-electron chi connectivity index (χ4n) is 2.31. The van der Waals surface area contributed by atoms with E-state index in [1.807, 2.05) is 34.1 Å². The predicted octanol–water partition coefficient (Wildman–Crippen LogP) is 1.93. The van der Waals surface area contributed by atoms with Crippen molar-refractivity contribution in [1.29, 1.82) is 0 Å². The van der Waals surface area contributed by atoms with Crippen molar-refractivity contribution in [3.8, 4) is 0 Å². The Morgan fingerprint density at radius 2 is 1.95 bits per heavy atom. The minimum atomic E-state index is 0.104. The van der Waals surface area contributed by atoms with Gasteiger partial charge in [-0.15, -0.1) is 0 Å². The number of carbonyl (C=O) groups excluding carboxylic acids is 1. The van der Waals surface area contributed by atoms with E-state index in [0.717, 1.165) is 24.2 Å². The molecule has 1 aromatic rings. The van der Waals surface area contributed by atoms with Crippen LogP contribution in [0.2, 0.25) is 0 Å². The second kappa shape index (κ2) is 7.14. The quantitative estimate of drug-likeness (QED) is 0.856. The molecule has 1 aliphatic rings. The molecule has 1 aliphatic heterocycles. The van der Waals surface area contributed by atoms with Gasteiger partial charge in [0.2, 0.25) is 0 Å². The Bertz CT molecular complexity index is 427. The van der Waals surface area contributed by atoms with Gasteiger partial charge in [0.25, 0.3) is 0 Å². The Morgan fingerprint density at radius 1 is 1.30 bits per heavy atom. The molecule has 2 rings (SSSR count). The summed E-state index contributed by atoms with van der Waals surface area (Å²) in [5, 5.41) is 0. The summed E-state index contributed by atoms with van der Waals surface area (Å²) >= 11 is 0. The second-order valence-corrected chi connectivity index (χ2v) is 5.05. The van der Waals surface area contributed by atoms with Crippen molar-refractivity contribution in [3.05, 3.63) is 29.8 Å². The van der Waals surface area contributed by atoms with E-state index in [9.17, 15) is 4.79 Å². The molecular formula is C15H23N3O2. The number of morpholine rings is 1. The van der Waals surface area contributed by atoms with E-state index in [0.29, 0.717) is 32.8 Å². The van der Waals surface area contributed by atoms with Crippen LogP contribution < -0.4 is 5.73 Å². The number of ether oxygens (including phenoxy) is 1. The van der Waals surface area contributed by atoms with E-state index >= 15 is 0 Å². The molecule has 0 radical (unpaired) electrons. The van der Waals surface area contributed by atoms with Crippen molar-refractivity contribution in [3.63, 3.8) is 0 Å². The number of nitrogen functional groups attached to an aromatic ring is 1. The molecule has 2 amide bonds. The molecule has 2 N–H and O–H groups in total. The summed E-state index contributed by atoms with van der Waals surface area (Å²) < 4.78 is 5.29. The Kier molecular flexibility index (Phi) is 5.24. The topological polar surface area (TPSA) is 58.8 Å². The zero-order valence-electron chi connectivity index (χ0n) is 12.0. The van der Waals surface area contributed by atoms with Crippen LogP contribution in [0.3, 0.4) is 0 Å². The maximum absolute atomic E-state index is 12.5. The summed E-state index contributed by atoms with van der Waals surface area (Å²) in [4.78, 5) is 16.3. The maximum atomic E-state index is 12.5. The first kappa shape index (κ1) is 14.7. The minimum Gasteiger partial charge on any atom is -0.399 e. The lowest BCUT2D eigenvalue weighted by Gasteiger charge is -2.33. The van der Waals surface area contributed by atoms with Gasteiger partial charge in [-0.1, -0.05) is 19.1 Å². The minimum absolute atomic E-state index is 0.104. The van der Waals surface area contributed by atoms with Crippen LogP contribution in [0.25, 0.3) is 0 Å². The van der Waals surface area contributed by atoms with Crippen molar-refractivity contribution in [2.45, 2.75) is 19.9 Å². The lowest BCUT2D eigenvalue weighted by molar-refractivity contribution is 0.0426. The van der Waals surface area contributed by atoms with E-state index in [-0.39, 0.29) is 6.03 Å². The molecule has 0 bridgehead atoms. The first-order valence-corrected chi connectivity index (χ1v) is 7.16. The van der Waals surface area contributed by atoms with Gasteiger partial charge in [0, 0.05) is 31.9 Å². The highest BCUT2D eigenvalue weighted by molar-refractivity contribution is 5.74. The molecule has 1 aromatic carbocycles. The normalized spacial score (nSPS) is 15.2. The molecule has 5 nitrogen and oxygen atoms in total. The summed E-state index contributed by atoms with van der Waals surface area (Å²) in [5.74, 6) is 0. The molecular weight excluding hydrogens is 254 g/mol. The van der Waals surface area contributed by atoms with Gasteiger partial charge in [-0.2, -0.15) is 0 Å². The molecule has 0 spiro atoms. The standard InChI is InChI=1S/C15H23N3O2/c1-2-7-18(12-13-3-5-14(16)6-4-13)15(19)17-8-10-20-11-9-17/h3-6H,2,7-12,16H2,1H3. The summed E-state index contributed by atoms with van der Waals surface area (Å²) in [6.45, 7) is 6.11. The lowest BCUT2D eigenvalue weighted by Crippen LogP contribution is -2.48. The third-order valence-electron chi connectivity index (χ3n) is 3.40. The fraction of sp³-hybridized carbons (Fsp3) is 0.533. The van der Waals surface area contributed by atoms with Gasteiger partial charge < -0.3 is 20.3 Å². The van der Waals surface area contributed by atoms with Crippen molar-refractivity contribution in [1.82, 2.24) is 9.80 Å². The van der Waals surface area contributed by atoms with Crippen LogP contribution in [0.15, 0.2) is 24.3 Å². The number of anilines is 1. The molecule has 0 atom stereocenters. The van der Waals surface area contributed by atoms with E-state index < -0.39 is 0 Å². The average molecular weight is 277 g/mol. The van der Waals surface area contributed by atoms with E-state index in [1.165, 1.54) is 0 Å². The van der Waals surface area contributed by atoms with Crippen LogP contribution in [0.4, 0.5) is 10.5 Å². The lowest BCUT2D eigenvalue weighted by atomic mass is 10.2. The van der Waals surface area contributed by atoms with Gasteiger partial charge in [-0.25, -0.2) is 4.79 Å². The smallest absolute Gasteiger partial charge is 0.320 e.